The van der Waals surface area contributed by atoms with Crippen LogP contribution < -0.4 is 0 Å². The molecule has 5 rings (SSSR count). The quantitative estimate of drug-likeness (QED) is 0.449. The first-order valence-electron chi connectivity index (χ1n) is 9.49. The molecule has 2 aromatic heterocycles. The molecule has 0 spiro atoms. The third-order valence-electron chi connectivity index (χ3n) is 5.31. The van der Waals surface area contributed by atoms with E-state index in [1.54, 1.807) is 59.8 Å². The number of H-pyrrole nitrogens is 1. The summed E-state index contributed by atoms with van der Waals surface area (Å²) in [7, 11) is 0. The topological polar surface area (TPSA) is 102 Å². The van der Waals surface area contributed by atoms with Crippen molar-refractivity contribution in [3.8, 4) is 22.8 Å². The van der Waals surface area contributed by atoms with Crippen molar-refractivity contribution in [2.45, 2.75) is 12.6 Å². The number of hydrogen-bond acceptors (Lipinski definition) is 5. The van der Waals surface area contributed by atoms with Gasteiger partial charge in [-0.25, -0.2) is 0 Å². The number of hydrogen-bond donors (Lipinski definition) is 3. The highest BCUT2D eigenvalue weighted by atomic mass is 35.5. The summed E-state index contributed by atoms with van der Waals surface area (Å²) in [4.78, 5) is 19.2. The van der Waals surface area contributed by atoms with E-state index in [4.69, 9.17) is 0 Å². The van der Waals surface area contributed by atoms with Crippen molar-refractivity contribution >= 4 is 18.3 Å². The van der Waals surface area contributed by atoms with Crippen molar-refractivity contribution in [3.05, 3.63) is 95.4 Å². The van der Waals surface area contributed by atoms with Crippen molar-refractivity contribution in [1.29, 1.82) is 0 Å². The van der Waals surface area contributed by atoms with Crippen LogP contribution in [0, 0.1) is 0 Å². The molecule has 8 heteroatoms. The minimum Gasteiger partial charge on any atom is -0.508 e. The zero-order valence-corrected chi connectivity index (χ0v) is 17.1. The molecule has 1 aliphatic rings. The van der Waals surface area contributed by atoms with Gasteiger partial charge >= 0.3 is 0 Å². The van der Waals surface area contributed by atoms with Gasteiger partial charge < -0.3 is 15.1 Å². The number of carbonyl (C=O) groups is 1. The van der Waals surface area contributed by atoms with Crippen LogP contribution in [0.15, 0.2) is 73.1 Å². The van der Waals surface area contributed by atoms with E-state index in [0.717, 1.165) is 11.1 Å². The van der Waals surface area contributed by atoms with Gasteiger partial charge in [0, 0.05) is 30.1 Å². The highest BCUT2D eigenvalue weighted by molar-refractivity contribution is 6.00. The van der Waals surface area contributed by atoms with E-state index in [9.17, 15) is 15.0 Å². The number of benzene rings is 2. The van der Waals surface area contributed by atoms with Crippen LogP contribution in [0.3, 0.4) is 0 Å². The summed E-state index contributed by atoms with van der Waals surface area (Å²) in [5.74, 6) is 0.0609. The van der Waals surface area contributed by atoms with Crippen molar-refractivity contribution in [2.24, 2.45) is 0 Å². The Labute approximate surface area is 184 Å². The van der Waals surface area contributed by atoms with E-state index in [1.165, 1.54) is 0 Å². The number of halogens is 1. The van der Waals surface area contributed by atoms with Crippen LogP contribution in [0.1, 0.15) is 33.2 Å². The molecule has 0 saturated heterocycles. The molecule has 0 saturated carbocycles. The van der Waals surface area contributed by atoms with Crippen molar-refractivity contribution in [1.82, 2.24) is 20.1 Å². The Hall–Kier alpha value is -3.84. The normalized spacial score (nSPS) is 14.9. The molecule has 1 unspecified atom stereocenters. The predicted molar refractivity (Wildman–Crippen MR) is 117 cm³/mol. The summed E-state index contributed by atoms with van der Waals surface area (Å²) in [6, 6.07) is 17.0. The number of nitrogens with one attached hydrogen (secondary N) is 1. The van der Waals surface area contributed by atoms with Gasteiger partial charge in [-0.05, 0) is 41.5 Å². The Kier molecular flexibility index (Phi) is 5.35. The molecule has 2 aromatic carbocycles. The molecule has 0 bridgehead atoms. The lowest BCUT2D eigenvalue weighted by atomic mass is 9.95. The lowest BCUT2D eigenvalue weighted by Crippen LogP contribution is -2.29. The maximum atomic E-state index is 13.3. The Bertz CT molecular complexity index is 1230. The molecule has 0 radical (unpaired) electrons. The van der Waals surface area contributed by atoms with E-state index >= 15 is 0 Å². The van der Waals surface area contributed by atoms with Gasteiger partial charge in [0.15, 0.2) is 0 Å². The Balaban J connectivity index is 0.00000231. The first-order chi connectivity index (χ1) is 14.6. The summed E-state index contributed by atoms with van der Waals surface area (Å²) in [5, 5.41) is 27.3. The van der Waals surface area contributed by atoms with Crippen LogP contribution in [-0.2, 0) is 6.54 Å². The molecule has 3 heterocycles. The Morgan fingerprint density at radius 2 is 1.77 bits per heavy atom. The van der Waals surface area contributed by atoms with E-state index < -0.39 is 6.04 Å². The molecule has 1 amide bonds. The fourth-order valence-corrected chi connectivity index (χ4v) is 3.93. The zero-order chi connectivity index (χ0) is 20.7. The second kappa shape index (κ2) is 8.12. The van der Waals surface area contributed by atoms with Crippen LogP contribution in [-0.4, -0.2) is 36.2 Å². The second-order valence-corrected chi connectivity index (χ2v) is 7.17. The van der Waals surface area contributed by atoms with Gasteiger partial charge in [-0.3, -0.25) is 14.9 Å². The van der Waals surface area contributed by atoms with Gasteiger partial charge in [0.05, 0.1) is 6.04 Å². The minimum atomic E-state index is -0.429. The number of amides is 1. The average molecular weight is 435 g/mol. The third-order valence-corrected chi connectivity index (χ3v) is 5.31. The van der Waals surface area contributed by atoms with Crippen LogP contribution in [0.4, 0.5) is 0 Å². The molecule has 0 aliphatic carbocycles. The van der Waals surface area contributed by atoms with Crippen LogP contribution in [0.5, 0.6) is 11.5 Å². The van der Waals surface area contributed by atoms with Crippen molar-refractivity contribution in [2.75, 3.05) is 0 Å². The van der Waals surface area contributed by atoms with Crippen LogP contribution in [0.25, 0.3) is 11.3 Å². The van der Waals surface area contributed by atoms with Crippen LogP contribution in [0.2, 0.25) is 0 Å². The van der Waals surface area contributed by atoms with E-state index in [1.807, 2.05) is 18.2 Å². The lowest BCUT2D eigenvalue weighted by molar-refractivity contribution is 0.0730. The molecule has 1 atom stereocenters. The number of pyridine rings is 1. The molecule has 31 heavy (non-hydrogen) atoms. The number of aromatic hydroxyl groups is 2. The molecule has 156 valence electrons. The van der Waals surface area contributed by atoms with Gasteiger partial charge in [0.2, 0.25) is 0 Å². The summed E-state index contributed by atoms with van der Waals surface area (Å²) in [5.41, 5.74) is 3.92. The first-order valence-corrected chi connectivity index (χ1v) is 9.49. The molecule has 4 aromatic rings. The highest BCUT2D eigenvalue weighted by Crippen LogP contribution is 2.45. The van der Waals surface area contributed by atoms with Crippen LogP contribution >= 0.6 is 12.4 Å². The monoisotopic (exact) mass is 434 g/mol. The average Bonchev–Trinajstić information content (AvgIpc) is 3.30. The van der Waals surface area contributed by atoms with Gasteiger partial charge in [-0.1, -0.05) is 30.3 Å². The van der Waals surface area contributed by atoms with E-state index in [0.29, 0.717) is 29.1 Å². The standard InChI is InChI=1S/C23H18N4O3.ClH/c28-16-9-7-15(8-10-16)22-19-20(17-5-1-2-6-18(17)29)25-26-21(19)23(30)27(22)13-14-4-3-11-24-12-14;/h1-12,22,28-29H,13H2,(H,25,26);1H. The van der Waals surface area contributed by atoms with Crippen molar-refractivity contribution < 1.29 is 15.0 Å². The van der Waals surface area contributed by atoms with E-state index in [-0.39, 0.29) is 29.8 Å². The molecule has 3 N–H and O–H groups in total. The van der Waals surface area contributed by atoms with Gasteiger partial charge in [0.25, 0.3) is 5.91 Å². The number of carbonyl (C=O) groups excluding carboxylic acids is 1. The number of phenols is 2. The van der Waals surface area contributed by atoms with Gasteiger partial charge in [-0.2, -0.15) is 5.10 Å². The summed E-state index contributed by atoms with van der Waals surface area (Å²) >= 11 is 0. The largest absolute Gasteiger partial charge is 0.508 e. The number of para-hydroxylation sites is 1. The zero-order valence-electron chi connectivity index (χ0n) is 16.3. The maximum Gasteiger partial charge on any atom is 0.273 e. The van der Waals surface area contributed by atoms with Gasteiger partial charge in [0.1, 0.15) is 22.9 Å². The molecule has 1 aliphatic heterocycles. The number of aromatic nitrogens is 3. The molecular weight excluding hydrogens is 416 g/mol. The third kappa shape index (κ3) is 3.49. The summed E-state index contributed by atoms with van der Waals surface area (Å²) in [6.07, 6.45) is 3.42. The second-order valence-electron chi connectivity index (χ2n) is 7.17. The van der Waals surface area contributed by atoms with E-state index in [2.05, 4.69) is 15.2 Å². The number of aromatic amines is 1. The number of rotatable bonds is 4. The maximum absolute atomic E-state index is 13.3. The molecule has 7 nitrogen and oxygen atoms in total. The summed E-state index contributed by atoms with van der Waals surface area (Å²) < 4.78 is 0. The van der Waals surface area contributed by atoms with Crippen molar-refractivity contribution in [3.63, 3.8) is 0 Å². The molecular formula is C23H19ClN4O3. The summed E-state index contributed by atoms with van der Waals surface area (Å²) in [6.45, 7) is 0.362. The Morgan fingerprint density at radius 1 is 1.00 bits per heavy atom. The van der Waals surface area contributed by atoms with Gasteiger partial charge in [-0.15, -0.1) is 12.4 Å². The smallest absolute Gasteiger partial charge is 0.273 e. The first kappa shape index (κ1) is 20.4. The minimum absolute atomic E-state index is 0. The lowest BCUT2D eigenvalue weighted by Gasteiger charge is -2.26. The number of fused-ring (bicyclic) bond motifs is 1. The molecule has 0 fully saturated rings. The fourth-order valence-electron chi connectivity index (χ4n) is 3.93. The fraction of sp³-hybridized carbons (Fsp3) is 0.0870. The SMILES string of the molecule is Cl.O=C1c2[nH]nc(-c3ccccc3O)c2C(c2ccc(O)cc2)N1Cc1cccnc1. The Morgan fingerprint density at radius 3 is 2.48 bits per heavy atom. The highest BCUT2D eigenvalue weighted by Gasteiger charge is 2.42. The number of nitrogens with zero attached hydrogens (tertiary/aromatic N) is 3. The predicted octanol–water partition coefficient (Wildman–Crippen LogP) is 4.05. The number of phenolic OH excluding ortho intramolecular Hbond substituents is 2.